The fourth-order valence-electron chi connectivity index (χ4n) is 4.45. The molecule has 0 bridgehead atoms. The molecule has 200 valence electrons. The summed E-state index contributed by atoms with van der Waals surface area (Å²) in [7, 11) is 0. The van der Waals surface area contributed by atoms with E-state index < -0.39 is 23.5 Å². The molecule has 0 spiro atoms. The molecule has 3 amide bonds. The van der Waals surface area contributed by atoms with Gasteiger partial charge in [0.15, 0.2) is 5.69 Å². The molecule has 1 aliphatic heterocycles. The number of unbranched alkanes of at least 4 members (excludes halogenated alkanes) is 1. The second-order valence-electron chi connectivity index (χ2n) is 9.17. The van der Waals surface area contributed by atoms with Crippen LogP contribution in [-0.2, 0) is 0 Å². The molecule has 2 heterocycles. The van der Waals surface area contributed by atoms with Gasteiger partial charge in [0, 0.05) is 17.9 Å². The van der Waals surface area contributed by atoms with Crippen molar-refractivity contribution in [2.24, 2.45) is 5.73 Å². The van der Waals surface area contributed by atoms with Crippen LogP contribution >= 0.6 is 11.6 Å². The zero-order valence-electron chi connectivity index (χ0n) is 20.9. The summed E-state index contributed by atoms with van der Waals surface area (Å²) >= 11 is 5.97. The number of aromatic nitrogens is 2. The van der Waals surface area contributed by atoms with Gasteiger partial charge >= 0.3 is 0 Å². The van der Waals surface area contributed by atoms with Crippen molar-refractivity contribution in [1.29, 1.82) is 0 Å². The number of piperidine rings is 1. The lowest BCUT2D eigenvalue weighted by Crippen LogP contribution is -2.32. The van der Waals surface area contributed by atoms with Crippen LogP contribution < -0.4 is 16.4 Å². The molecule has 4 N–H and O–H groups in total. The Morgan fingerprint density at radius 1 is 1.00 bits per heavy atom. The van der Waals surface area contributed by atoms with Gasteiger partial charge < -0.3 is 21.3 Å². The Labute approximate surface area is 225 Å². The van der Waals surface area contributed by atoms with Gasteiger partial charge in [-0.15, -0.1) is 0 Å². The maximum absolute atomic E-state index is 13.3. The molecule has 0 saturated carbocycles. The first kappa shape index (κ1) is 27.3. The second-order valence-corrected chi connectivity index (χ2v) is 9.57. The number of nitrogens with two attached hydrogens (primary N) is 1. The summed E-state index contributed by atoms with van der Waals surface area (Å²) in [6.07, 6.45) is 6.92. The van der Waals surface area contributed by atoms with E-state index in [1.807, 2.05) is 0 Å². The number of halogens is 2. The molecule has 1 saturated heterocycles. The molecular formula is C27H30ClFN6O3. The molecule has 4 rings (SSSR count). The van der Waals surface area contributed by atoms with Crippen LogP contribution in [0.4, 0.5) is 10.1 Å². The number of hydrogen-bond acceptors (Lipinski definition) is 5. The average Bonchev–Trinajstić information content (AvgIpc) is 3.35. The highest BCUT2D eigenvalue weighted by Crippen LogP contribution is 2.21. The van der Waals surface area contributed by atoms with E-state index in [2.05, 4.69) is 20.5 Å². The van der Waals surface area contributed by atoms with Crippen molar-refractivity contribution in [3.05, 3.63) is 76.6 Å². The summed E-state index contributed by atoms with van der Waals surface area (Å²) in [5, 5.41) is 5.56. The van der Waals surface area contributed by atoms with Gasteiger partial charge in [-0.3, -0.25) is 19.0 Å². The maximum Gasteiger partial charge on any atom is 0.270 e. The summed E-state index contributed by atoms with van der Waals surface area (Å²) < 4.78 is 14.8. The highest BCUT2D eigenvalue weighted by atomic mass is 35.5. The third-order valence-corrected chi connectivity index (χ3v) is 6.74. The smallest absolute Gasteiger partial charge is 0.270 e. The highest BCUT2D eigenvalue weighted by molar-refractivity contribution is 6.34. The minimum Gasteiger partial charge on any atom is -0.364 e. The minimum absolute atomic E-state index is 0.00124. The number of likely N-dealkylation sites (tertiary alicyclic amines) is 1. The summed E-state index contributed by atoms with van der Waals surface area (Å²) in [5.74, 6) is -2.29. The molecule has 1 aromatic heterocycles. The van der Waals surface area contributed by atoms with Gasteiger partial charge in [-0.1, -0.05) is 18.0 Å². The van der Waals surface area contributed by atoms with Crippen molar-refractivity contribution in [2.45, 2.75) is 32.1 Å². The lowest BCUT2D eigenvalue weighted by Gasteiger charge is -2.26. The molecule has 0 aliphatic carbocycles. The first-order valence-corrected chi connectivity index (χ1v) is 13.0. The zero-order valence-corrected chi connectivity index (χ0v) is 21.6. The normalized spacial score (nSPS) is 13.7. The van der Waals surface area contributed by atoms with Crippen LogP contribution in [0.5, 0.6) is 0 Å². The number of benzene rings is 2. The van der Waals surface area contributed by atoms with Crippen LogP contribution in [0.15, 0.2) is 48.8 Å². The number of primary amides is 1. The topological polar surface area (TPSA) is 122 Å². The van der Waals surface area contributed by atoms with Crippen molar-refractivity contribution in [3.63, 3.8) is 0 Å². The van der Waals surface area contributed by atoms with Crippen molar-refractivity contribution in [2.75, 3.05) is 31.5 Å². The molecule has 0 unspecified atom stereocenters. The van der Waals surface area contributed by atoms with Crippen LogP contribution in [0.25, 0.3) is 5.69 Å². The van der Waals surface area contributed by atoms with Crippen molar-refractivity contribution >= 4 is 35.0 Å². The van der Waals surface area contributed by atoms with Gasteiger partial charge in [-0.25, -0.2) is 9.37 Å². The van der Waals surface area contributed by atoms with Gasteiger partial charge in [0.05, 0.1) is 10.6 Å². The Morgan fingerprint density at radius 2 is 1.74 bits per heavy atom. The number of anilines is 1. The maximum atomic E-state index is 13.3. The highest BCUT2D eigenvalue weighted by Gasteiger charge is 2.23. The van der Waals surface area contributed by atoms with E-state index in [4.69, 9.17) is 17.3 Å². The lowest BCUT2D eigenvalue weighted by atomic mass is 10.1. The monoisotopic (exact) mass is 540 g/mol. The van der Waals surface area contributed by atoms with E-state index in [9.17, 15) is 18.8 Å². The summed E-state index contributed by atoms with van der Waals surface area (Å²) in [4.78, 5) is 44.0. The lowest BCUT2D eigenvalue weighted by molar-refractivity contribution is 0.0927. The number of amides is 3. The van der Waals surface area contributed by atoms with Crippen LogP contribution in [0, 0.1) is 5.82 Å². The molecule has 0 atom stereocenters. The molecule has 11 heteroatoms. The van der Waals surface area contributed by atoms with Crippen LogP contribution in [0.2, 0.25) is 5.02 Å². The van der Waals surface area contributed by atoms with E-state index >= 15 is 0 Å². The van der Waals surface area contributed by atoms with Crippen LogP contribution in [0.3, 0.4) is 0 Å². The van der Waals surface area contributed by atoms with Gasteiger partial charge in [-0.2, -0.15) is 0 Å². The van der Waals surface area contributed by atoms with Gasteiger partial charge in [0.1, 0.15) is 17.8 Å². The summed E-state index contributed by atoms with van der Waals surface area (Å²) in [5.41, 5.74) is 6.52. The Hall–Kier alpha value is -3.76. The largest absolute Gasteiger partial charge is 0.364 e. The van der Waals surface area contributed by atoms with Gasteiger partial charge in [0.25, 0.3) is 17.7 Å². The van der Waals surface area contributed by atoms with Gasteiger partial charge in [-0.05, 0) is 87.8 Å². The molecule has 38 heavy (non-hydrogen) atoms. The SMILES string of the molecule is NC(=O)c1ncn(-c2ccc(NC(=O)c3ccc(F)cc3Cl)cc2)c1C(=O)NCCCCN1CCCCC1. The molecule has 1 aliphatic rings. The Morgan fingerprint density at radius 3 is 2.42 bits per heavy atom. The number of carbonyl (C=O) groups is 3. The Bertz CT molecular complexity index is 1300. The zero-order chi connectivity index (χ0) is 27.1. The number of imidazole rings is 1. The molecule has 1 fully saturated rings. The Balaban J connectivity index is 1.40. The number of nitrogens with zero attached hydrogens (tertiary/aromatic N) is 3. The van der Waals surface area contributed by atoms with Crippen LogP contribution in [-0.4, -0.2) is 58.4 Å². The molecule has 9 nitrogen and oxygen atoms in total. The quantitative estimate of drug-likeness (QED) is 0.335. The second kappa shape index (κ2) is 12.7. The number of nitrogens with one attached hydrogen (secondary N) is 2. The number of rotatable bonds is 10. The van der Waals surface area contributed by atoms with Crippen molar-refractivity contribution in [1.82, 2.24) is 19.8 Å². The Kier molecular flexibility index (Phi) is 9.09. The van der Waals surface area contributed by atoms with Crippen molar-refractivity contribution in [3.8, 4) is 5.69 Å². The van der Waals surface area contributed by atoms with E-state index in [1.54, 1.807) is 24.3 Å². The number of hydrogen-bond donors (Lipinski definition) is 3. The molecule has 2 aromatic carbocycles. The average molecular weight is 541 g/mol. The first-order valence-electron chi connectivity index (χ1n) is 12.6. The van der Waals surface area contributed by atoms with Gasteiger partial charge in [0.2, 0.25) is 0 Å². The predicted molar refractivity (Wildman–Crippen MR) is 143 cm³/mol. The third kappa shape index (κ3) is 6.76. The standard InChI is InChI=1S/C27H30ClFN6O3/c28-22-16-18(29)6-11-21(22)26(37)33-19-7-9-20(10-8-19)35-17-32-23(25(30)36)24(35)27(38)31-12-2-5-15-34-13-3-1-4-14-34/h6-11,16-17H,1-5,12-15H2,(H2,30,36)(H,31,38)(H,33,37). The number of carbonyl (C=O) groups excluding carboxylic acids is 3. The molecular weight excluding hydrogens is 511 g/mol. The third-order valence-electron chi connectivity index (χ3n) is 6.43. The van der Waals surface area contributed by atoms with Crippen LogP contribution in [0.1, 0.15) is 63.4 Å². The first-order chi connectivity index (χ1) is 18.3. The predicted octanol–water partition coefficient (Wildman–Crippen LogP) is 4.01. The fourth-order valence-corrected chi connectivity index (χ4v) is 4.70. The van der Waals surface area contributed by atoms with E-state index in [-0.39, 0.29) is 22.0 Å². The summed E-state index contributed by atoms with van der Waals surface area (Å²) in [6.45, 7) is 3.75. The molecule has 3 aromatic rings. The summed E-state index contributed by atoms with van der Waals surface area (Å²) in [6, 6.07) is 10.1. The molecule has 0 radical (unpaired) electrons. The van der Waals surface area contributed by atoms with E-state index in [0.29, 0.717) is 17.9 Å². The van der Waals surface area contributed by atoms with E-state index in [1.165, 1.54) is 36.2 Å². The minimum atomic E-state index is -0.806. The fraction of sp³-hybridized carbons (Fsp3) is 0.333. The van der Waals surface area contributed by atoms with E-state index in [0.717, 1.165) is 44.6 Å². The van der Waals surface area contributed by atoms with Crippen molar-refractivity contribution < 1.29 is 18.8 Å².